The molecule has 0 aromatic carbocycles. The molecule has 2 amide bonds. The molecule has 0 radical (unpaired) electrons. The van der Waals surface area contributed by atoms with Crippen LogP contribution in [0.25, 0.3) is 0 Å². The molecule has 6 nitrogen and oxygen atoms in total. The van der Waals surface area contributed by atoms with Crippen molar-refractivity contribution >= 4 is 12.0 Å². The second-order valence-corrected chi connectivity index (χ2v) is 4.47. The molecular weight excluding hydrogens is 248 g/mol. The average Bonchev–Trinajstić information content (AvgIpc) is 2.75. The summed E-state index contributed by atoms with van der Waals surface area (Å²) < 4.78 is 5.39. The van der Waals surface area contributed by atoms with Gasteiger partial charge in [0.1, 0.15) is 17.6 Å². The van der Waals surface area contributed by atoms with Crippen molar-refractivity contribution in [2.24, 2.45) is 0 Å². The lowest BCUT2D eigenvalue weighted by atomic mass is 10.2. The molecule has 1 heterocycles. The van der Waals surface area contributed by atoms with Crippen LogP contribution in [0.4, 0.5) is 4.79 Å². The van der Waals surface area contributed by atoms with Gasteiger partial charge in [0.05, 0.1) is 6.04 Å². The molecule has 0 saturated carbocycles. The van der Waals surface area contributed by atoms with E-state index in [1.54, 1.807) is 13.0 Å². The Morgan fingerprint density at radius 2 is 2.05 bits per heavy atom. The van der Waals surface area contributed by atoms with Crippen LogP contribution in [0, 0.1) is 6.92 Å². The Morgan fingerprint density at radius 1 is 1.37 bits per heavy atom. The minimum Gasteiger partial charge on any atom is -0.480 e. The molecule has 0 aliphatic heterocycles. The van der Waals surface area contributed by atoms with Gasteiger partial charge in [-0.05, 0) is 32.4 Å². The van der Waals surface area contributed by atoms with Gasteiger partial charge in [-0.25, -0.2) is 9.59 Å². The van der Waals surface area contributed by atoms with Crippen molar-refractivity contribution in [3.05, 3.63) is 23.7 Å². The predicted octanol–water partition coefficient (Wildman–Crippen LogP) is 2.20. The van der Waals surface area contributed by atoms with E-state index in [2.05, 4.69) is 10.6 Å². The zero-order chi connectivity index (χ0) is 14.4. The SMILES string of the molecule is CCC[C@H](NC(=O)NC(C)c1ccc(C)o1)C(=O)O. The van der Waals surface area contributed by atoms with Crippen LogP contribution < -0.4 is 10.6 Å². The van der Waals surface area contributed by atoms with Gasteiger partial charge < -0.3 is 20.2 Å². The lowest BCUT2D eigenvalue weighted by molar-refractivity contribution is -0.139. The van der Waals surface area contributed by atoms with Crippen molar-refractivity contribution in [1.29, 1.82) is 0 Å². The summed E-state index contributed by atoms with van der Waals surface area (Å²) in [4.78, 5) is 22.6. The first-order valence-electron chi connectivity index (χ1n) is 6.30. The monoisotopic (exact) mass is 268 g/mol. The number of carboxylic acids is 1. The fourth-order valence-electron chi connectivity index (χ4n) is 1.70. The first-order valence-corrected chi connectivity index (χ1v) is 6.30. The van der Waals surface area contributed by atoms with Crippen molar-refractivity contribution in [1.82, 2.24) is 10.6 Å². The van der Waals surface area contributed by atoms with E-state index in [1.165, 1.54) is 0 Å². The average molecular weight is 268 g/mol. The molecule has 1 aromatic rings. The Kier molecular flexibility index (Phi) is 5.41. The summed E-state index contributed by atoms with van der Waals surface area (Å²) in [6.07, 6.45) is 1.08. The highest BCUT2D eigenvalue weighted by Gasteiger charge is 2.20. The van der Waals surface area contributed by atoms with Crippen molar-refractivity contribution in [2.75, 3.05) is 0 Å². The number of aryl methyl sites for hydroxylation is 1. The number of urea groups is 1. The van der Waals surface area contributed by atoms with Crippen LogP contribution in [0.1, 0.15) is 44.3 Å². The van der Waals surface area contributed by atoms with Gasteiger partial charge in [0.15, 0.2) is 0 Å². The van der Waals surface area contributed by atoms with Gasteiger partial charge in [-0.2, -0.15) is 0 Å². The van der Waals surface area contributed by atoms with E-state index >= 15 is 0 Å². The highest BCUT2D eigenvalue weighted by atomic mass is 16.4. The number of hydrogen-bond acceptors (Lipinski definition) is 3. The number of furan rings is 1. The first-order chi connectivity index (χ1) is 8.93. The van der Waals surface area contributed by atoms with Gasteiger partial charge >= 0.3 is 12.0 Å². The van der Waals surface area contributed by atoms with Crippen LogP contribution in [-0.4, -0.2) is 23.1 Å². The number of nitrogens with one attached hydrogen (secondary N) is 2. The maximum absolute atomic E-state index is 11.7. The topological polar surface area (TPSA) is 91.6 Å². The maximum Gasteiger partial charge on any atom is 0.326 e. The van der Waals surface area contributed by atoms with Gasteiger partial charge in [-0.15, -0.1) is 0 Å². The third-order valence-electron chi connectivity index (χ3n) is 2.72. The lowest BCUT2D eigenvalue weighted by Crippen LogP contribution is -2.46. The molecular formula is C13H20N2O4. The Morgan fingerprint density at radius 3 is 2.53 bits per heavy atom. The third kappa shape index (κ3) is 4.65. The summed E-state index contributed by atoms with van der Waals surface area (Å²) in [7, 11) is 0. The van der Waals surface area contributed by atoms with E-state index in [9.17, 15) is 9.59 Å². The highest BCUT2D eigenvalue weighted by molar-refractivity contribution is 5.82. The van der Waals surface area contributed by atoms with Gasteiger partial charge in [-0.1, -0.05) is 13.3 Å². The molecule has 19 heavy (non-hydrogen) atoms. The normalized spacial score (nSPS) is 13.6. The number of rotatable bonds is 6. The van der Waals surface area contributed by atoms with Crippen LogP contribution in [0.2, 0.25) is 0 Å². The van der Waals surface area contributed by atoms with E-state index in [0.29, 0.717) is 18.6 Å². The molecule has 0 spiro atoms. The molecule has 1 unspecified atom stereocenters. The first kappa shape index (κ1) is 15.1. The minimum absolute atomic E-state index is 0.315. The zero-order valence-electron chi connectivity index (χ0n) is 11.4. The summed E-state index contributed by atoms with van der Waals surface area (Å²) in [5, 5.41) is 14.0. The summed E-state index contributed by atoms with van der Waals surface area (Å²) in [6, 6.07) is 1.89. The van der Waals surface area contributed by atoms with Gasteiger partial charge in [0.25, 0.3) is 0 Å². The number of carboxylic acid groups (broad SMARTS) is 1. The molecule has 106 valence electrons. The van der Waals surface area contributed by atoms with Crippen LogP contribution in [0.5, 0.6) is 0 Å². The van der Waals surface area contributed by atoms with Crippen LogP contribution in [0.15, 0.2) is 16.5 Å². The standard InChI is InChI=1S/C13H20N2O4/c1-4-5-10(12(16)17)15-13(18)14-9(3)11-7-6-8(2)19-11/h6-7,9-10H,4-5H2,1-3H3,(H,16,17)(H2,14,15,18)/t9?,10-/m0/s1. The van der Waals surface area contributed by atoms with Crippen molar-refractivity contribution in [2.45, 2.75) is 45.7 Å². The molecule has 3 N–H and O–H groups in total. The summed E-state index contributed by atoms with van der Waals surface area (Å²) in [5.74, 6) is 0.368. The van der Waals surface area contributed by atoms with Crippen LogP contribution >= 0.6 is 0 Å². The predicted molar refractivity (Wildman–Crippen MR) is 69.9 cm³/mol. The summed E-state index contributed by atoms with van der Waals surface area (Å²) >= 11 is 0. The zero-order valence-corrected chi connectivity index (χ0v) is 11.4. The van der Waals surface area contributed by atoms with E-state index < -0.39 is 18.0 Å². The van der Waals surface area contributed by atoms with Crippen molar-refractivity contribution in [3.63, 3.8) is 0 Å². The molecule has 0 aliphatic carbocycles. The Balaban J connectivity index is 2.52. The number of carbonyl (C=O) groups excluding carboxylic acids is 1. The van der Waals surface area contributed by atoms with E-state index in [4.69, 9.17) is 9.52 Å². The summed E-state index contributed by atoms with van der Waals surface area (Å²) in [6.45, 7) is 5.45. The molecule has 1 rings (SSSR count). The molecule has 0 fully saturated rings. The quantitative estimate of drug-likeness (QED) is 0.737. The number of amides is 2. The van der Waals surface area contributed by atoms with Crippen molar-refractivity contribution in [3.8, 4) is 0 Å². The van der Waals surface area contributed by atoms with E-state index in [1.807, 2.05) is 19.9 Å². The molecule has 6 heteroatoms. The Labute approximate surface area is 112 Å². The lowest BCUT2D eigenvalue weighted by Gasteiger charge is -2.16. The second kappa shape index (κ2) is 6.82. The number of carbonyl (C=O) groups is 2. The summed E-state index contributed by atoms with van der Waals surface area (Å²) in [5.41, 5.74) is 0. The van der Waals surface area contributed by atoms with Gasteiger partial charge in [-0.3, -0.25) is 0 Å². The Hall–Kier alpha value is -1.98. The number of hydrogen-bond donors (Lipinski definition) is 3. The minimum atomic E-state index is -1.03. The van der Waals surface area contributed by atoms with E-state index in [0.717, 1.165) is 5.76 Å². The van der Waals surface area contributed by atoms with Crippen LogP contribution in [0.3, 0.4) is 0 Å². The number of aliphatic carboxylic acids is 1. The molecule has 2 atom stereocenters. The molecule has 0 bridgehead atoms. The van der Waals surface area contributed by atoms with Crippen molar-refractivity contribution < 1.29 is 19.1 Å². The fourth-order valence-corrected chi connectivity index (χ4v) is 1.70. The smallest absolute Gasteiger partial charge is 0.326 e. The fraction of sp³-hybridized carbons (Fsp3) is 0.538. The van der Waals surface area contributed by atoms with Gasteiger partial charge in [0, 0.05) is 0 Å². The molecule has 0 saturated heterocycles. The third-order valence-corrected chi connectivity index (χ3v) is 2.72. The van der Waals surface area contributed by atoms with Gasteiger partial charge in [0.2, 0.25) is 0 Å². The maximum atomic E-state index is 11.7. The van der Waals surface area contributed by atoms with E-state index in [-0.39, 0.29) is 6.04 Å². The molecule has 1 aromatic heterocycles. The Bertz CT molecular complexity index is 442. The second-order valence-electron chi connectivity index (χ2n) is 4.47. The largest absolute Gasteiger partial charge is 0.480 e. The molecule has 0 aliphatic rings. The van der Waals surface area contributed by atoms with Crippen LogP contribution in [-0.2, 0) is 4.79 Å². The highest BCUT2D eigenvalue weighted by Crippen LogP contribution is 2.15.